The number of aromatic nitrogens is 3. The Labute approximate surface area is 87.0 Å². The quantitative estimate of drug-likeness (QED) is 0.690. The molecule has 4 nitrogen and oxygen atoms in total. The molecule has 15 heavy (non-hydrogen) atoms. The van der Waals surface area contributed by atoms with Crippen LogP contribution in [0.2, 0.25) is 0 Å². The first-order valence-electron chi connectivity index (χ1n) is 4.50. The second-order valence-corrected chi connectivity index (χ2v) is 3.14. The minimum atomic E-state index is 0.472. The number of hydrogen-bond acceptors (Lipinski definition) is 4. The van der Waals surface area contributed by atoms with Crippen LogP contribution in [0.5, 0.6) is 0 Å². The molecule has 0 amide bonds. The molecular weight excluding hydrogens is 190 g/mol. The van der Waals surface area contributed by atoms with E-state index in [0.29, 0.717) is 17.1 Å². The van der Waals surface area contributed by atoms with E-state index < -0.39 is 0 Å². The predicted octanol–water partition coefficient (Wildman–Crippen LogP) is 1.66. The van der Waals surface area contributed by atoms with E-state index in [-0.39, 0.29) is 0 Å². The van der Waals surface area contributed by atoms with Crippen molar-refractivity contribution in [3.63, 3.8) is 0 Å². The summed E-state index contributed by atoms with van der Waals surface area (Å²) in [7, 11) is 0. The van der Waals surface area contributed by atoms with Gasteiger partial charge in [0.2, 0.25) is 0 Å². The van der Waals surface area contributed by atoms with Crippen LogP contribution in [0.3, 0.4) is 0 Å². The Hall–Kier alpha value is -2.10. The first kappa shape index (κ1) is 9.45. The van der Waals surface area contributed by atoms with Gasteiger partial charge in [-0.15, -0.1) is 0 Å². The number of pyridine rings is 1. The Morgan fingerprint density at radius 2 is 1.93 bits per heavy atom. The van der Waals surface area contributed by atoms with Crippen LogP contribution in [0, 0.1) is 6.92 Å². The van der Waals surface area contributed by atoms with Gasteiger partial charge in [0.25, 0.3) is 0 Å². The Morgan fingerprint density at radius 1 is 1.20 bits per heavy atom. The van der Waals surface area contributed by atoms with Gasteiger partial charge in [0, 0.05) is 24.2 Å². The van der Waals surface area contributed by atoms with Gasteiger partial charge in [0.1, 0.15) is 5.69 Å². The predicted molar refractivity (Wildman–Crippen MR) is 55.4 cm³/mol. The monoisotopic (exact) mass is 199 g/mol. The lowest BCUT2D eigenvalue weighted by atomic mass is 10.1. The topological polar surface area (TPSA) is 55.7 Å². The fourth-order valence-electron chi connectivity index (χ4n) is 1.29. The van der Waals surface area contributed by atoms with E-state index in [1.54, 1.807) is 30.7 Å². The van der Waals surface area contributed by atoms with E-state index >= 15 is 0 Å². The molecule has 0 N–H and O–H groups in total. The maximum atomic E-state index is 10.9. The number of rotatable bonds is 2. The zero-order chi connectivity index (χ0) is 10.7. The molecule has 0 aliphatic carbocycles. The Morgan fingerprint density at radius 3 is 2.60 bits per heavy atom. The maximum Gasteiger partial charge on any atom is 0.178 e. The average molecular weight is 199 g/mol. The van der Waals surface area contributed by atoms with Crippen LogP contribution in [0.1, 0.15) is 15.9 Å². The molecule has 0 bridgehead atoms. The summed E-state index contributed by atoms with van der Waals surface area (Å²) < 4.78 is 0. The van der Waals surface area contributed by atoms with Gasteiger partial charge in [0.15, 0.2) is 12.1 Å². The van der Waals surface area contributed by atoms with E-state index in [1.165, 1.54) is 0 Å². The standard InChI is InChI=1S/C11H9N3O/c1-8-5-9(7-15)10(14-6-8)11-12-3-2-4-13-11/h2-7H,1H3. The van der Waals surface area contributed by atoms with Crippen molar-refractivity contribution in [2.45, 2.75) is 6.92 Å². The summed E-state index contributed by atoms with van der Waals surface area (Å²) >= 11 is 0. The van der Waals surface area contributed by atoms with Crippen LogP contribution in [0.4, 0.5) is 0 Å². The number of carbonyl (C=O) groups is 1. The molecule has 0 aliphatic heterocycles. The number of hydrogen-bond donors (Lipinski definition) is 0. The molecule has 2 aromatic rings. The second kappa shape index (κ2) is 3.96. The van der Waals surface area contributed by atoms with Crippen molar-refractivity contribution < 1.29 is 4.79 Å². The zero-order valence-electron chi connectivity index (χ0n) is 8.21. The Balaban J connectivity index is 2.58. The molecule has 0 atom stereocenters. The van der Waals surface area contributed by atoms with Gasteiger partial charge in [-0.25, -0.2) is 9.97 Å². The van der Waals surface area contributed by atoms with Gasteiger partial charge < -0.3 is 0 Å². The summed E-state index contributed by atoms with van der Waals surface area (Å²) in [5, 5.41) is 0. The molecule has 2 heterocycles. The fourth-order valence-corrected chi connectivity index (χ4v) is 1.29. The maximum absolute atomic E-state index is 10.9. The van der Waals surface area contributed by atoms with Gasteiger partial charge >= 0.3 is 0 Å². The molecule has 0 fully saturated rings. The summed E-state index contributed by atoms with van der Waals surface area (Å²) in [6, 6.07) is 3.49. The third-order valence-electron chi connectivity index (χ3n) is 1.96. The highest BCUT2D eigenvalue weighted by Gasteiger charge is 2.08. The molecule has 0 unspecified atom stereocenters. The lowest BCUT2D eigenvalue weighted by Gasteiger charge is -2.02. The van der Waals surface area contributed by atoms with Crippen LogP contribution in [-0.4, -0.2) is 21.2 Å². The molecule has 2 aromatic heterocycles. The minimum Gasteiger partial charge on any atom is -0.298 e. The molecule has 0 aromatic carbocycles. The van der Waals surface area contributed by atoms with Gasteiger partial charge in [-0.05, 0) is 24.6 Å². The summed E-state index contributed by atoms with van der Waals surface area (Å²) in [5.74, 6) is 0.472. The number of aryl methyl sites for hydroxylation is 1. The van der Waals surface area contributed by atoms with E-state index in [2.05, 4.69) is 15.0 Å². The van der Waals surface area contributed by atoms with E-state index in [9.17, 15) is 4.79 Å². The van der Waals surface area contributed by atoms with Crippen LogP contribution in [0.25, 0.3) is 11.5 Å². The molecule has 0 radical (unpaired) electrons. The van der Waals surface area contributed by atoms with Crippen molar-refractivity contribution in [1.29, 1.82) is 0 Å². The van der Waals surface area contributed by atoms with Gasteiger partial charge in [0.05, 0.1) is 0 Å². The Kier molecular flexibility index (Phi) is 2.49. The highest BCUT2D eigenvalue weighted by Crippen LogP contribution is 2.15. The van der Waals surface area contributed by atoms with E-state index in [4.69, 9.17) is 0 Å². The van der Waals surface area contributed by atoms with Crippen molar-refractivity contribution in [1.82, 2.24) is 15.0 Å². The highest BCUT2D eigenvalue weighted by molar-refractivity contribution is 5.83. The first-order chi connectivity index (χ1) is 7.31. The minimum absolute atomic E-state index is 0.472. The first-order valence-corrected chi connectivity index (χ1v) is 4.50. The van der Waals surface area contributed by atoms with Gasteiger partial charge in [-0.1, -0.05) is 0 Å². The summed E-state index contributed by atoms with van der Waals surface area (Å²) in [6.07, 6.45) is 5.71. The Bertz CT molecular complexity index is 482. The third kappa shape index (κ3) is 1.88. The molecule has 0 saturated carbocycles. The number of aldehydes is 1. The average Bonchev–Trinajstić information content (AvgIpc) is 2.30. The summed E-state index contributed by atoms with van der Waals surface area (Å²) in [6.45, 7) is 1.88. The van der Waals surface area contributed by atoms with E-state index in [0.717, 1.165) is 11.8 Å². The normalized spacial score (nSPS) is 9.93. The number of nitrogens with zero attached hydrogens (tertiary/aromatic N) is 3. The van der Waals surface area contributed by atoms with Crippen LogP contribution in [0.15, 0.2) is 30.7 Å². The molecule has 0 saturated heterocycles. The molecule has 74 valence electrons. The third-order valence-corrected chi connectivity index (χ3v) is 1.96. The van der Waals surface area contributed by atoms with Crippen molar-refractivity contribution in [2.75, 3.05) is 0 Å². The molecule has 0 aliphatic rings. The van der Waals surface area contributed by atoms with Crippen LogP contribution < -0.4 is 0 Å². The smallest absolute Gasteiger partial charge is 0.178 e. The summed E-state index contributed by atoms with van der Waals surface area (Å²) in [4.78, 5) is 23.1. The highest BCUT2D eigenvalue weighted by atomic mass is 16.1. The van der Waals surface area contributed by atoms with Crippen LogP contribution >= 0.6 is 0 Å². The van der Waals surface area contributed by atoms with Gasteiger partial charge in [-0.2, -0.15) is 0 Å². The van der Waals surface area contributed by atoms with Crippen LogP contribution in [-0.2, 0) is 0 Å². The van der Waals surface area contributed by atoms with Crippen molar-refractivity contribution >= 4 is 6.29 Å². The van der Waals surface area contributed by atoms with Crippen molar-refractivity contribution in [2.24, 2.45) is 0 Å². The largest absolute Gasteiger partial charge is 0.298 e. The molecular formula is C11H9N3O. The lowest BCUT2D eigenvalue weighted by Crippen LogP contribution is -1.96. The van der Waals surface area contributed by atoms with Gasteiger partial charge in [-0.3, -0.25) is 9.78 Å². The zero-order valence-corrected chi connectivity index (χ0v) is 8.21. The summed E-state index contributed by atoms with van der Waals surface area (Å²) in [5.41, 5.74) is 1.98. The van der Waals surface area contributed by atoms with Crippen molar-refractivity contribution in [3.05, 3.63) is 41.9 Å². The molecule has 4 heteroatoms. The fraction of sp³-hybridized carbons (Fsp3) is 0.0909. The lowest BCUT2D eigenvalue weighted by molar-refractivity contribution is 0.112. The second-order valence-electron chi connectivity index (χ2n) is 3.14. The SMILES string of the molecule is Cc1cnc(-c2ncccn2)c(C=O)c1. The van der Waals surface area contributed by atoms with Crippen molar-refractivity contribution in [3.8, 4) is 11.5 Å². The number of carbonyl (C=O) groups excluding carboxylic acids is 1. The molecule has 2 rings (SSSR count). The molecule has 0 spiro atoms. The van der Waals surface area contributed by atoms with E-state index in [1.807, 2.05) is 6.92 Å².